The van der Waals surface area contributed by atoms with Gasteiger partial charge in [-0.3, -0.25) is 0 Å². The van der Waals surface area contributed by atoms with Gasteiger partial charge in [0.25, 0.3) is 0 Å². The fourth-order valence-corrected chi connectivity index (χ4v) is 2.41. The molecule has 0 unspecified atom stereocenters. The summed E-state index contributed by atoms with van der Waals surface area (Å²) in [5.74, 6) is -3.29. The standard InChI is InChI=1S/C18H22FNO6/c1-4-23-16(21)13(17(22)24-5-2)11-20-12-6-7-15(19)14(10-12)18(3)25-8-9-26-18/h6-7,10-11,20H,4-5,8-9H2,1-3H3. The number of nitrogens with one attached hydrogen (secondary N) is 1. The van der Waals surface area contributed by atoms with E-state index in [9.17, 15) is 14.0 Å². The largest absolute Gasteiger partial charge is 0.462 e. The van der Waals surface area contributed by atoms with Crippen LogP contribution in [-0.4, -0.2) is 38.4 Å². The predicted octanol–water partition coefficient (Wildman–Crippen LogP) is 2.47. The molecule has 0 aliphatic carbocycles. The van der Waals surface area contributed by atoms with E-state index in [0.29, 0.717) is 18.9 Å². The van der Waals surface area contributed by atoms with Gasteiger partial charge in [0.1, 0.15) is 5.82 Å². The number of anilines is 1. The Morgan fingerprint density at radius 2 is 1.77 bits per heavy atom. The SMILES string of the molecule is CCOC(=O)C(=CNc1ccc(F)c(C2(C)OCCO2)c1)C(=O)OCC. The van der Waals surface area contributed by atoms with E-state index in [1.165, 1.54) is 24.4 Å². The summed E-state index contributed by atoms with van der Waals surface area (Å²) in [6.45, 7) is 5.84. The maximum absolute atomic E-state index is 14.2. The van der Waals surface area contributed by atoms with Crippen LogP contribution in [-0.2, 0) is 34.3 Å². The smallest absolute Gasteiger partial charge is 0.347 e. The molecule has 0 bridgehead atoms. The first-order valence-electron chi connectivity index (χ1n) is 8.30. The van der Waals surface area contributed by atoms with Gasteiger partial charge in [0.05, 0.1) is 26.4 Å². The monoisotopic (exact) mass is 367 g/mol. The molecule has 0 saturated carbocycles. The number of hydrogen-bond acceptors (Lipinski definition) is 7. The zero-order valence-electron chi connectivity index (χ0n) is 15.0. The summed E-state index contributed by atoms with van der Waals surface area (Å²) in [5, 5.41) is 2.79. The van der Waals surface area contributed by atoms with E-state index in [-0.39, 0.29) is 24.4 Å². The summed E-state index contributed by atoms with van der Waals surface area (Å²) in [7, 11) is 0. The van der Waals surface area contributed by atoms with Gasteiger partial charge in [-0.1, -0.05) is 0 Å². The Hall–Kier alpha value is -2.45. The summed E-state index contributed by atoms with van der Waals surface area (Å²) in [5.41, 5.74) is 0.356. The number of carbonyl (C=O) groups is 2. The van der Waals surface area contributed by atoms with Crippen LogP contribution in [0.4, 0.5) is 10.1 Å². The van der Waals surface area contributed by atoms with Crippen molar-refractivity contribution in [2.45, 2.75) is 26.6 Å². The maximum Gasteiger partial charge on any atom is 0.347 e. The highest BCUT2D eigenvalue weighted by Gasteiger charge is 2.35. The van der Waals surface area contributed by atoms with Gasteiger partial charge < -0.3 is 24.3 Å². The molecule has 1 aliphatic rings. The summed E-state index contributed by atoms with van der Waals surface area (Å²) >= 11 is 0. The van der Waals surface area contributed by atoms with Crippen LogP contribution >= 0.6 is 0 Å². The minimum absolute atomic E-state index is 0.114. The Balaban J connectivity index is 2.26. The molecule has 1 saturated heterocycles. The lowest BCUT2D eigenvalue weighted by atomic mass is 10.1. The average Bonchev–Trinajstić information content (AvgIpc) is 3.04. The molecule has 0 radical (unpaired) electrons. The molecule has 7 nitrogen and oxygen atoms in total. The van der Waals surface area contributed by atoms with Crippen LogP contribution in [0.25, 0.3) is 0 Å². The Morgan fingerprint density at radius 1 is 1.19 bits per heavy atom. The molecule has 0 aromatic heterocycles. The topological polar surface area (TPSA) is 83.1 Å². The quantitative estimate of drug-likeness (QED) is 0.343. The number of ether oxygens (including phenoxy) is 4. The number of benzene rings is 1. The lowest BCUT2D eigenvalue weighted by Gasteiger charge is -2.23. The van der Waals surface area contributed by atoms with E-state index in [4.69, 9.17) is 18.9 Å². The van der Waals surface area contributed by atoms with Gasteiger partial charge in [-0.15, -0.1) is 0 Å². The van der Waals surface area contributed by atoms with Crippen LogP contribution in [0.15, 0.2) is 30.0 Å². The molecular weight excluding hydrogens is 345 g/mol. The first kappa shape index (κ1) is 19.9. The molecule has 2 rings (SSSR count). The molecule has 1 aromatic carbocycles. The van der Waals surface area contributed by atoms with Gasteiger partial charge in [-0.05, 0) is 39.0 Å². The van der Waals surface area contributed by atoms with Crippen molar-refractivity contribution >= 4 is 17.6 Å². The molecular formula is C18H22FNO6. The molecule has 142 valence electrons. The van der Waals surface area contributed by atoms with Gasteiger partial charge in [0.2, 0.25) is 0 Å². The molecule has 1 fully saturated rings. The van der Waals surface area contributed by atoms with Crippen molar-refractivity contribution in [1.29, 1.82) is 0 Å². The maximum atomic E-state index is 14.2. The van der Waals surface area contributed by atoms with Gasteiger partial charge >= 0.3 is 11.9 Å². The predicted molar refractivity (Wildman–Crippen MR) is 90.6 cm³/mol. The Morgan fingerprint density at radius 3 is 2.31 bits per heavy atom. The van der Waals surface area contributed by atoms with E-state index < -0.39 is 23.5 Å². The minimum atomic E-state index is -1.18. The number of esters is 2. The molecule has 1 aliphatic heterocycles. The molecule has 1 heterocycles. The summed E-state index contributed by atoms with van der Waals surface area (Å²) < 4.78 is 34.8. The number of hydrogen-bond donors (Lipinski definition) is 1. The van der Waals surface area contributed by atoms with Gasteiger partial charge in [0.15, 0.2) is 11.4 Å². The second-order valence-corrected chi connectivity index (χ2v) is 5.48. The van der Waals surface area contributed by atoms with Crippen molar-refractivity contribution < 1.29 is 32.9 Å². The molecule has 8 heteroatoms. The fourth-order valence-electron chi connectivity index (χ4n) is 2.41. The molecule has 1 aromatic rings. The third kappa shape index (κ3) is 4.59. The lowest BCUT2D eigenvalue weighted by Crippen LogP contribution is -2.24. The van der Waals surface area contributed by atoms with Crippen molar-refractivity contribution in [3.63, 3.8) is 0 Å². The van der Waals surface area contributed by atoms with Crippen LogP contribution < -0.4 is 5.32 Å². The summed E-state index contributed by atoms with van der Waals surface area (Å²) in [4.78, 5) is 23.9. The van der Waals surface area contributed by atoms with Crippen LogP contribution in [0.5, 0.6) is 0 Å². The van der Waals surface area contributed by atoms with E-state index >= 15 is 0 Å². The minimum Gasteiger partial charge on any atom is -0.462 e. The number of carbonyl (C=O) groups excluding carboxylic acids is 2. The van der Waals surface area contributed by atoms with Crippen LogP contribution in [0, 0.1) is 5.82 Å². The zero-order chi connectivity index (χ0) is 19.2. The summed E-state index contributed by atoms with van der Waals surface area (Å²) in [6.07, 6.45) is 1.17. The van der Waals surface area contributed by atoms with Crippen molar-refractivity contribution in [1.82, 2.24) is 0 Å². The fraction of sp³-hybridized carbons (Fsp3) is 0.444. The van der Waals surface area contributed by atoms with Gasteiger partial charge in [0, 0.05) is 17.5 Å². The lowest BCUT2D eigenvalue weighted by molar-refractivity contribution is -0.151. The second kappa shape index (κ2) is 8.77. The van der Waals surface area contributed by atoms with Crippen LogP contribution in [0.1, 0.15) is 26.3 Å². The van der Waals surface area contributed by atoms with Crippen molar-refractivity contribution in [3.05, 3.63) is 41.4 Å². The van der Waals surface area contributed by atoms with Crippen LogP contribution in [0.3, 0.4) is 0 Å². The van der Waals surface area contributed by atoms with E-state index in [1.807, 2.05) is 0 Å². The van der Waals surface area contributed by atoms with Crippen molar-refractivity contribution in [3.8, 4) is 0 Å². The number of halogens is 1. The van der Waals surface area contributed by atoms with Crippen LogP contribution in [0.2, 0.25) is 0 Å². The number of rotatable bonds is 7. The normalized spacial score (nSPS) is 15.2. The van der Waals surface area contributed by atoms with Gasteiger partial charge in [-0.25, -0.2) is 14.0 Å². The highest BCUT2D eigenvalue weighted by molar-refractivity contribution is 6.14. The van der Waals surface area contributed by atoms with E-state index in [1.54, 1.807) is 20.8 Å². The Kier molecular flexibility index (Phi) is 6.70. The molecule has 0 spiro atoms. The first-order valence-corrected chi connectivity index (χ1v) is 8.30. The second-order valence-electron chi connectivity index (χ2n) is 5.48. The van der Waals surface area contributed by atoms with E-state index in [2.05, 4.69) is 5.32 Å². The molecule has 1 N–H and O–H groups in total. The van der Waals surface area contributed by atoms with E-state index in [0.717, 1.165) is 0 Å². The zero-order valence-corrected chi connectivity index (χ0v) is 15.0. The third-order valence-corrected chi connectivity index (χ3v) is 3.67. The van der Waals surface area contributed by atoms with Crippen molar-refractivity contribution in [2.75, 3.05) is 31.7 Å². The molecule has 0 amide bonds. The highest BCUT2D eigenvalue weighted by Crippen LogP contribution is 2.34. The first-order chi connectivity index (χ1) is 12.4. The Bertz CT molecular complexity index is 677. The summed E-state index contributed by atoms with van der Waals surface area (Å²) in [6, 6.07) is 4.20. The molecule has 26 heavy (non-hydrogen) atoms. The molecule has 0 atom stereocenters. The Labute approximate surface area is 151 Å². The highest BCUT2D eigenvalue weighted by atomic mass is 19.1. The average molecular weight is 367 g/mol. The van der Waals surface area contributed by atoms with Crippen molar-refractivity contribution in [2.24, 2.45) is 0 Å². The third-order valence-electron chi connectivity index (χ3n) is 3.67. The van der Waals surface area contributed by atoms with Gasteiger partial charge in [-0.2, -0.15) is 0 Å².